The maximum Gasteiger partial charge on any atom is -0.0118 e. The highest BCUT2D eigenvalue weighted by Crippen LogP contribution is 2.33. The van der Waals surface area contributed by atoms with Gasteiger partial charge in [-0.05, 0) is 59.4 Å². The largest absolute Gasteiger partial charge is 0.0985 e. The lowest BCUT2D eigenvalue weighted by Gasteiger charge is -2.25. The molecule has 0 fully saturated rings. The highest BCUT2D eigenvalue weighted by molar-refractivity contribution is 5.48. The molecule has 0 N–H and O–H groups in total. The molecular formula is C20H22. The highest BCUT2D eigenvalue weighted by Gasteiger charge is 2.20. The standard InChI is InChI=1S/C20H22/c1-3-15-5-8-17(9-6-15)19-12-11-18-13-16(4-2)7-10-20(18)14-19/h3,5-10,13,19H,1,4,11-12,14H2,2H3. The Kier molecular flexibility index (Phi) is 3.73. The molecule has 1 aliphatic carbocycles. The number of aryl methyl sites for hydroxylation is 2. The SMILES string of the molecule is C=Cc1ccc(C2CCc3cc(CC)ccc3C2)cc1. The fourth-order valence-electron chi connectivity index (χ4n) is 3.22. The summed E-state index contributed by atoms with van der Waals surface area (Å²) in [5.41, 5.74) is 7.27. The molecule has 0 amide bonds. The van der Waals surface area contributed by atoms with Crippen molar-refractivity contribution in [2.75, 3.05) is 0 Å². The van der Waals surface area contributed by atoms with E-state index in [1.54, 1.807) is 11.1 Å². The van der Waals surface area contributed by atoms with Crippen molar-refractivity contribution in [3.05, 3.63) is 76.9 Å². The summed E-state index contributed by atoms with van der Waals surface area (Å²) in [4.78, 5) is 0. The molecule has 3 rings (SSSR count). The van der Waals surface area contributed by atoms with E-state index in [2.05, 4.69) is 56.0 Å². The van der Waals surface area contributed by atoms with Crippen LogP contribution in [0.4, 0.5) is 0 Å². The average Bonchev–Trinajstić information content (AvgIpc) is 2.54. The fraction of sp³-hybridized carbons (Fsp3) is 0.300. The Balaban J connectivity index is 1.82. The molecular weight excluding hydrogens is 240 g/mol. The minimum absolute atomic E-state index is 0.675. The van der Waals surface area contributed by atoms with Crippen LogP contribution >= 0.6 is 0 Å². The topological polar surface area (TPSA) is 0 Å². The average molecular weight is 262 g/mol. The lowest BCUT2D eigenvalue weighted by molar-refractivity contribution is 0.584. The van der Waals surface area contributed by atoms with Crippen molar-refractivity contribution >= 4 is 6.08 Å². The molecule has 2 aromatic rings. The summed E-state index contributed by atoms with van der Waals surface area (Å²) >= 11 is 0. The number of hydrogen-bond donors (Lipinski definition) is 0. The van der Waals surface area contributed by atoms with Crippen LogP contribution in [-0.2, 0) is 19.3 Å². The summed E-state index contributed by atoms with van der Waals surface area (Å²) in [6.45, 7) is 6.05. The minimum Gasteiger partial charge on any atom is -0.0985 e. The lowest BCUT2D eigenvalue weighted by Crippen LogP contribution is -2.13. The van der Waals surface area contributed by atoms with Gasteiger partial charge in [0.05, 0.1) is 0 Å². The zero-order valence-corrected chi connectivity index (χ0v) is 12.2. The van der Waals surface area contributed by atoms with Gasteiger partial charge in [0.1, 0.15) is 0 Å². The zero-order chi connectivity index (χ0) is 13.9. The van der Waals surface area contributed by atoms with Gasteiger partial charge in [0.15, 0.2) is 0 Å². The van der Waals surface area contributed by atoms with Gasteiger partial charge in [-0.25, -0.2) is 0 Å². The predicted octanol–water partition coefficient (Wildman–Crippen LogP) is 5.16. The van der Waals surface area contributed by atoms with Gasteiger partial charge in [-0.15, -0.1) is 0 Å². The van der Waals surface area contributed by atoms with Gasteiger partial charge in [-0.1, -0.05) is 62.0 Å². The summed E-state index contributed by atoms with van der Waals surface area (Å²) in [6.07, 6.45) is 6.73. The molecule has 0 heteroatoms. The smallest absolute Gasteiger partial charge is 0.0118 e. The first kappa shape index (κ1) is 13.2. The van der Waals surface area contributed by atoms with E-state index >= 15 is 0 Å². The Morgan fingerprint density at radius 2 is 1.90 bits per heavy atom. The van der Waals surface area contributed by atoms with E-state index in [9.17, 15) is 0 Å². The van der Waals surface area contributed by atoms with Gasteiger partial charge in [-0.2, -0.15) is 0 Å². The van der Waals surface area contributed by atoms with Gasteiger partial charge in [0.25, 0.3) is 0 Å². The number of rotatable bonds is 3. The van der Waals surface area contributed by atoms with Crippen molar-refractivity contribution < 1.29 is 0 Å². The van der Waals surface area contributed by atoms with Crippen LogP contribution in [0.3, 0.4) is 0 Å². The van der Waals surface area contributed by atoms with Gasteiger partial charge >= 0.3 is 0 Å². The lowest BCUT2D eigenvalue weighted by atomic mass is 9.79. The van der Waals surface area contributed by atoms with Crippen LogP contribution in [0.15, 0.2) is 49.0 Å². The number of benzene rings is 2. The number of fused-ring (bicyclic) bond motifs is 1. The Bertz CT molecular complexity index is 604. The highest BCUT2D eigenvalue weighted by atomic mass is 14.2. The molecule has 1 unspecified atom stereocenters. The Labute approximate surface area is 122 Å². The fourth-order valence-corrected chi connectivity index (χ4v) is 3.22. The molecule has 0 radical (unpaired) electrons. The second kappa shape index (κ2) is 5.66. The van der Waals surface area contributed by atoms with E-state index < -0.39 is 0 Å². The molecule has 0 saturated heterocycles. The molecule has 1 aliphatic rings. The molecule has 20 heavy (non-hydrogen) atoms. The van der Waals surface area contributed by atoms with Gasteiger partial charge in [-0.3, -0.25) is 0 Å². The van der Waals surface area contributed by atoms with Crippen molar-refractivity contribution in [3.8, 4) is 0 Å². The number of hydrogen-bond acceptors (Lipinski definition) is 0. The van der Waals surface area contributed by atoms with E-state index in [4.69, 9.17) is 0 Å². The van der Waals surface area contributed by atoms with Gasteiger partial charge < -0.3 is 0 Å². The first-order chi connectivity index (χ1) is 9.80. The Morgan fingerprint density at radius 1 is 1.10 bits per heavy atom. The van der Waals surface area contributed by atoms with Gasteiger partial charge in [0.2, 0.25) is 0 Å². The van der Waals surface area contributed by atoms with Crippen LogP contribution in [-0.4, -0.2) is 0 Å². The third-order valence-corrected chi connectivity index (χ3v) is 4.55. The second-order valence-electron chi connectivity index (χ2n) is 5.77. The van der Waals surface area contributed by atoms with E-state index in [1.165, 1.54) is 36.0 Å². The zero-order valence-electron chi connectivity index (χ0n) is 12.2. The van der Waals surface area contributed by atoms with Crippen molar-refractivity contribution in [1.82, 2.24) is 0 Å². The summed E-state index contributed by atoms with van der Waals surface area (Å²) in [5.74, 6) is 0.675. The second-order valence-corrected chi connectivity index (χ2v) is 5.77. The molecule has 1 atom stereocenters. The Hall–Kier alpha value is -1.82. The molecule has 0 heterocycles. The molecule has 0 spiro atoms. The third kappa shape index (κ3) is 2.56. The van der Waals surface area contributed by atoms with Crippen LogP contribution in [0.25, 0.3) is 6.08 Å². The maximum atomic E-state index is 3.82. The molecule has 102 valence electrons. The molecule has 0 nitrogen and oxygen atoms in total. The van der Waals surface area contributed by atoms with Crippen molar-refractivity contribution in [2.24, 2.45) is 0 Å². The summed E-state index contributed by atoms with van der Waals surface area (Å²) in [7, 11) is 0. The van der Waals surface area contributed by atoms with Gasteiger partial charge in [0, 0.05) is 0 Å². The molecule has 0 aliphatic heterocycles. The predicted molar refractivity (Wildman–Crippen MR) is 87.1 cm³/mol. The van der Waals surface area contributed by atoms with Crippen molar-refractivity contribution in [1.29, 1.82) is 0 Å². The van der Waals surface area contributed by atoms with E-state index in [-0.39, 0.29) is 0 Å². The van der Waals surface area contributed by atoms with E-state index in [0.717, 1.165) is 6.42 Å². The minimum atomic E-state index is 0.675. The monoisotopic (exact) mass is 262 g/mol. The molecule has 0 bridgehead atoms. The normalized spacial score (nSPS) is 17.6. The summed E-state index contributed by atoms with van der Waals surface area (Å²) in [5, 5.41) is 0. The first-order valence-corrected chi connectivity index (χ1v) is 7.63. The molecule has 0 aromatic heterocycles. The van der Waals surface area contributed by atoms with Crippen LogP contribution in [0, 0.1) is 0 Å². The van der Waals surface area contributed by atoms with Crippen LogP contribution in [0.2, 0.25) is 0 Å². The maximum absolute atomic E-state index is 3.82. The summed E-state index contributed by atoms with van der Waals surface area (Å²) < 4.78 is 0. The van der Waals surface area contributed by atoms with E-state index in [0.29, 0.717) is 5.92 Å². The first-order valence-electron chi connectivity index (χ1n) is 7.63. The third-order valence-electron chi connectivity index (χ3n) is 4.55. The quantitative estimate of drug-likeness (QED) is 0.716. The molecule has 0 saturated carbocycles. The van der Waals surface area contributed by atoms with Crippen LogP contribution in [0.5, 0.6) is 0 Å². The Morgan fingerprint density at radius 3 is 2.60 bits per heavy atom. The summed E-state index contributed by atoms with van der Waals surface area (Å²) in [6, 6.07) is 15.9. The van der Waals surface area contributed by atoms with Crippen molar-refractivity contribution in [2.45, 2.75) is 38.5 Å². The van der Waals surface area contributed by atoms with Crippen LogP contribution in [0.1, 0.15) is 47.1 Å². The van der Waals surface area contributed by atoms with Crippen LogP contribution < -0.4 is 0 Å². The van der Waals surface area contributed by atoms with E-state index in [1.807, 2.05) is 6.08 Å². The van der Waals surface area contributed by atoms with Crippen molar-refractivity contribution in [3.63, 3.8) is 0 Å². The molecule has 2 aromatic carbocycles.